The first-order valence-corrected chi connectivity index (χ1v) is 6.82. The number of hydrogen-bond acceptors (Lipinski definition) is 3. The Kier molecular flexibility index (Phi) is 4.21. The number of rotatable bonds is 4. The van der Waals surface area contributed by atoms with Crippen molar-refractivity contribution in [3.05, 3.63) is 17.7 Å². The average Bonchev–Trinajstić information content (AvgIpc) is 2.82. The van der Waals surface area contributed by atoms with Gasteiger partial charge >= 0.3 is 0 Å². The lowest BCUT2D eigenvalue weighted by atomic mass is 10.2. The molecule has 1 fully saturated rings. The zero-order valence-electron chi connectivity index (χ0n) is 10.4. The van der Waals surface area contributed by atoms with Crippen molar-refractivity contribution in [3.8, 4) is 5.75 Å². The van der Waals surface area contributed by atoms with Crippen molar-refractivity contribution in [2.75, 3.05) is 0 Å². The van der Waals surface area contributed by atoms with E-state index in [-0.39, 0.29) is 0 Å². The summed E-state index contributed by atoms with van der Waals surface area (Å²) in [5, 5.41) is 0. The molecule has 0 N–H and O–H groups in total. The SMILES string of the molecule is CC(C)c1ncc(OC2CCCC2)c(CCl)n1. The zero-order valence-corrected chi connectivity index (χ0v) is 11.2. The van der Waals surface area contributed by atoms with Crippen LogP contribution in [0.25, 0.3) is 0 Å². The molecular formula is C13H19ClN2O. The maximum Gasteiger partial charge on any atom is 0.160 e. The molecule has 0 aliphatic heterocycles. The lowest BCUT2D eigenvalue weighted by molar-refractivity contribution is 0.206. The molecule has 1 aromatic heterocycles. The van der Waals surface area contributed by atoms with Gasteiger partial charge in [0.1, 0.15) is 11.5 Å². The van der Waals surface area contributed by atoms with Gasteiger partial charge in [-0.2, -0.15) is 0 Å². The van der Waals surface area contributed by atoms with E-state index in [4.69, 9.17) is 16.3 Å². The fourth-order valence-corrected chi connectivity index (χ4v) is 2.27. The molecule has 0 amide bonds. The fraction of sp³-hybridized carbons (Fsp3) is 0.692. The first kappa shape index (κ1) is 12.6. The highest BCUT2D eigenvalue weighted by Gasteiger charge is 2.19. The van der Waals surface area contributed by atoms with Crippen LogP contribution in [-0.4, -0.2) is 16.1 Å². The molecule has 94 valence electrons. The number of ether oxygens (including phenoxy) is 1. The van der Waals surface area contributed by atoms with Gasteiger partial charge in [0, 0.05) is 5.92 Å². The van der Waals surface area contributed by atoms with E-state index in [0.29, 0.717) is 17.9 Å². The molecular weight excluding hydrogens is 236 g/mol. The van der Waals surface area contributed by atoms with Gasteiger partial charge in [-0.3, -0.25) is 0 Å². The molecule has 3 nitrogen and oxygen atoms in total. The van der Waals surface area contributed by atoms with Crippen LogP contribution in [-0.2, 0) is 5.88 Å². The summed E-state index contributed by atoms with van der Waals surface area (Å²) in [5.74, 6) is 2.29. The van der Waals surface area contributed by atoms with Crippen LogP contribution in [0.1, 0.15) is 57.0 Å². The maximum atomic E-state index is 5.92. The molecule has 0 saturated heterocycles. The van der Waals surface area contributed by atoms with Gasteiger partial charge in [0.05, 0.1) is 18.2 Å². The number of hydrogen-bond donors (Lipinski definition) is 0. The van der Waals surface area contributed by atoms with Crippen molar-refractivity contribution in [3.63, 3.8) is 0 Å². The van der Waals surface area contributed by atoms with E-state index in [9.17, 15) is 0 Å². The molecule has 2 rings (SSSR count). The van der Waals surface area contributed by atoms with E-state index in [1.807, 2.05) is 0 Å². The number of aromatic nitrogens is 2. The third-order valence-electron chi connectivity index (χ3n) is 3.09. The molecule has 1 aliphatic carbocycles. The van der Waals surface area contributed by atoms with Crippen molar-refractivity contribution in [1.29, 1.82) is 0 Å². The third-order valence-corrected chi connectivity index (χ3v) is 3.34. The summed E-state index contributed by atoms with van der Waals surface area (Å²) in [4.78, 5) is 8.80. The number of halogens is 1. The van der Waals surface area contributed by atoms with Crippen LogP contribution in [0, 0.1) is 0 Å². The fourth-order valence-electron chi connectivity index (χ4n) is 2.08. The quantitative estimate of drug-likeness (QED) is 0.769. The van der Waals surface area contributed by atoms with Crippen LogP contribution < -0.4 is 4.74 Å². The minimum absolute atomic E-state index is 0.317. The Morgan fingerprint density at radius 3 is 2.71 bits per heavy atom. The molecule has 1 heterocycles. The summed E-state index contributed by atoms with van der Waals surface area (Å²) in [6, 6.07) is 0. The Labute approximate surface area is 108 Å². The van der Waals surface area contributed by atoms with Crippen molar-refractivity contribution in [2.24, 2.45) is 0 Å². The van der Waals surface area contributed by atoms with Gasteiger partial charge in [-0.1, -0.05) is 13.8 Å². The van der Waals surface area contributed by atoms with Gasteiger partial charge in [0.15, 0.2) is 5.75 Å². The van der Waals surface area contributed by atoms with E-state index in [1.54, 1.807) is 6.20 Å². The molecule has 0 atom stereocenters. The molecule has 0 spiro atoms. The van der Waals surface area contributed by atoms with Crippen LogP contribution in [0.2, 0.25) is 0 Å². The van der Waals surface area contributed by atoms with Crippen LogP contribution in [0.4, 0.5) is 0 Å². The van der Waals surface area contributed by atoms with Crippen LogP contribution in [0.15, 0.2) is 6.20 Å². The Morgan fingerprint density at radius 1 is 1.41 bits per heavy atom. The van der Waals surface area contributed by atoms with Gasteiger partial charge in [-0.25, -0.2) is 9.97 Å². The molecule has 0 aromatic carbocycles. The Balaban J connectivity index is 2.15. The minimum atomic E-state index is 0.317. The van der Waals surface area contributed by atoms with Gasteiger partial charge in [-0.05, 0) is 25.7 Å². The third kappa shape index (κ3) is 3.09. The smallest absolute Gasteiger partial charge is 0.160 e. The monoisotopic (exact) mass is 254 g/mol. The first-order chi connectivity index (χ1) is 8.20. The second-order valence-corrected chi connectivity index (χ2v) is 5.12. The van der Waals surface area contributed by atoms with Crippen molar-refractivity contribution in [1.82, 2.24) is 9.97 Å². The van der Waals surface area contributed by atoms with E-state index >= 15 is 0 Å². The lowest BCUT2D eigenvalue weighted by Gasteiger charge is -2.15. The molecule has 0 bridgehead atoms. The average molecular weight is 255 g/mol. The Bertz CT molecular complexity index is 376. The highest BCUT2D eigenvalue weighted by atomic mass is 35.5. The summed E-state index contributed by atoms with van der Waals surface area (Å²) in [5.41, 5.74) is 0.817. The maximum absolute atomic E-state index is 5.92. The highest BCUT2D eigenvalue weighted by molar-refractivity contribution is 6.17. The molecule has 1 aliphatic rings. The largest absolute Gasteiger partial charge is 0.487 e. The number of alkyl halides is 1. The van der Waals surface area contributed by atoms with Crippen LogP contribution >= 0.6 is 11.6 Å². The molecule has 0 unspecified atom stereocenters. The summed E-state index contributed by atoms with van der Waals surface area (Å²) in [7, 11) is 0. The van der Waals surface area contributed by atoms with E-state index < -0.39 is 0 Å². The summed E-state index contributed by atoms with van der Waals surface area (Å²) < 4.78 is 5.92. The van der Waals surface area contributed by atoms with Gasteiger partial charge in [0.25, 0.3) is 0 Å². The van der Waals surface area contributed by atoms with Gasteiger partial charge in [0.2, 0.25) is 0 Å². The Hall–Kier alpha value is -0.830. The molecule has 1 saturated carbocycles. The van der Waals surface area contributed by atoms with Crippen molar-refractivity contribution < 1.29 is 4.74 Å². The second kappa shape index (κ2) is 5.67. The predicted molar refractivity (Wildman–Crippen MR) is 68.6 cm³/mol. The summed E-state index contributed by atoms with van der Waals surface area (Å²) in [6.07, 6.45) is 6.88. The number of nitrogens with zero attached hydrogens (tertiary/aromatic N) is 2. The summed E-state index contributed by atoms with van der Waals surface area (Å²) in [6.45, 7) is 4.15. The van der Waals surface area contributed by atoms with E-state index in [0.717, 1.165) is 30.1 Å². The highest BCUT2D eigenvalue weighted by Crippen LogP contribution is 2.27. The van der Waals surface area contributed by atoms with Crippen molar-refractivity contribution >= 4 is 11.6 Å². The van der Waals surface area contributed by atoms with Gasteiger partial charge in [-0.15, -0.1) is 11.6 Å². The predicted octanol–water partition coefficient (Wildman–Crippen LogP) is 3.66. The Morgan fingerprint density at radius 2 is 2.12 bits per heavy atom. The zero-order chi connectivity index (χ0) is 12.3. The molecule has 4 heteroatoms. The second-order valence-electron chi connectivity index (χ2n) is 4.85. The minimum Gasteiger partial charge on any atom is -0.487 e. The molecule has 0 radical (unpaired) electrons. The molecule has 17 heavy (non-hydrogen) atoms. The van der Waals surface area contributed by atoms with E-state index in [2.05, 4.69) is 23.8 Å². The summed E-state index contributed by atoms with van der Waals surface area (Å²) >= 11 is 5.92. The molecule has 1 aromatic rings. The topological polar surface area (TPSA) is 35.0 Å². The lowest BCUT2D eigenvalue weighted by Crippen LogP contribution is -2.13. The first-order valence-electron chi connectivity index (χ1n) is 6.29. The van der Waals surface area contributed by atoms with Crippen LogP contribution in [0.3, 0.4) is 0 Å². The van der Waals surface area contributed by atoms with Gasteiger partial charge < -0.3 is 4.74 Å². The van der Waals surface area contributed by atoms with E-state index in [1.165, 1.54) is 12.8 Å². The normalized spacial score (nSPS) is 16.7. The van der Waals surface area contributed by atoms with Crippen molar-refractivity contribution in [2.45, 2.75) is 57.4 Å². The standard InChI is InChI=1S/C13H19ClN2O/c1-9(2)13-15-8-12(11(7-14)16-13)17-10-5-3-4-6-10/h8-10H,3-7H2,1-2H3. The van der Waals surface area contributed by atoms with Crippen LogP contribution in [0.5, 0.6) is 5.75 Å².